The lowest BCUT2D eigenvalue weighted by Gasteiger charge is -2.19. The normalized spacial score (nSPS) is 10.3. The zero-order chi connectivity index (χ0) is 19.2. The Kier molecular flexibility index (Phi) is 5.61. The Bertz CT molecular complexity index is 940. The molecule has 5 heteroatoms. The quantitative estimate of drug-likeness (QED) is 0.734. The van der Waals surface area contributed by atoms with Gasteiger partial charge in [-0.3, -0.25) is 9.59 Å². The second-order valence-corrected chi connectivity index (χ2v) is 6.15. The van der Waals surface area contributed by atoms with E-state index in [-0.39, 0.29) is 17.6 Å². The van der Waals surface area contributed by atoms with Crippen molar-refractivity contribution in [3.8, 4) is 0 Å². The Hall–Kier alpha value is -3.47. The summed E-state index contributed by atoms with van der Waals surface area (Å²) in [6, 6.07) is 21.7. The standard InChI is InChI=1S/C22H19FN2O2/c1-25(15-16-11-13-18(23)14-12-16)22(27)19-9-5-6-10-20(19)24-21(26)17-7-3-2-4-8-17/h2-14H,15H2,1H3,(H,24,26). The van der Waals surface area contributed by atoms with Gasteiger partial charge in [0.25, 0.3) is 11.8 Å². The number of nitrogens with one attached hydrogen (secondary N) is 1. The third-order valence-electron chi connectivity index (χ3n) is 4.12. The SMILES string of the molecule is CN(Cc1ccc(F)cc1)C(=O)c1ccccc1NC(=O)c1ccccc1. The molecule has 0 spiro atoms. The molecule has 1 N–H and O–H groups in total. The second kappa shape index (κ2) is 8.27. The van der Waals surface area contributed by atoms with Crippen molar-refractivity contribution in [2.45, 2.75) is 6.54 Å². The number of amides is 2. The topological polar surface area (TPSA) is 49.4 Å². The number of hydrogen-bond donors (Lipinski definition) is 1. The van der Waals surface area contributed by atoms with Crippen LogP contribution in [0.5, 0.6) is 0 Å². The molecule has 0 aliphatic heterocycles. The van der Waals surface area contributed by atoms with Crippen molar-refractivity contribution in [1.82, 2.24) is 4.90 Å². The number of para-hydroxylation sites is 1. The molecule has 3 aromatic rings. The smallest absolute Gasteiger partial charge is 0.256 e. The predicted octanol–water partition coefficient (Wildman–Crippen LogP) is 4.35. The van der Waals surface area contributed by atoms with E-state index < -0.39 is 0 Å². The van der Waals surface area contributed by atoms with Crippen molar-refractivity contribution >= 4 is 17.5 Å². The lowest BCUT2D eigenvalue weighted by Crippen LogP contribution is -2.27. The molecule has 0 bridgehead atoms. The van der Waals surface area contributed by atoms with E-state index in [4.69, 9.17) is 0 Å². The van der Waals surface area contributed by atoms with Crippen LogP contribution in [0.1, 0.15) is 26.3 Å². The number of carbonyl (C=O) groups is 2. The van der Waals surface area contributed by atoms with E-state index >= 15 is 0 Å². The number of carbonyl (C=O) groups excluding carboxylic acids is 2. The molecule has 0 radical (unpaired) electrons. The molecule has 0 fully saturated rings. The van der Waals surface area contributed by atoms with E-state index in [2.05, 4.69) is 5.32 Å². The molecule has 27 heavy (non-hydrogen) atoms. The average Bonchev–Trinajstić information content (AvgIpc) is 2.70. The van der Waals surface area contributed by atoms with Gasteiger partial charge in [-0.1, -0.05) is 42.5 Å². The third kappa shape index (κ3) is 4.58. The zero-order valence-corrected chi connectivity index (χ0v) is 14.9. The summed E-state index contributed by atoms with van der Waals surface area (Å²) in [7, 11) is 1.67. The van der Waals surface area contributed by atoms with Crippen LogP contribution in [0.15, 0.2) is 78.9 Å². The average molecular weight is 362 g/mol. The monoisotopic (exact) mass is 362 g/mol. The van der Waals surface area contributed by atoms with Crippen LogP contribution in [-0.2, 0) is 6.54 Å². The summed E-state index contributed by atoms with van der Waals surface area (Å²) in [6.07, 6.45) is 0. The van der Waals surface area contributed by atoms with E-state index in [0.29, 0.717) is 23.4 Å². The first kappa shape index (κ1) is 18.3. The number of nitrogens with zero attached hydrogens (tertiary/aromatic N) is 1. The molecule has 0 atom stereocenters. The number of hydrogen-bond acceptors (Lipinski definition) is 2. The van der Waals surface area contributed by atoms with Crippen LogP contribution in [0, 0.1) is 5.82 Å². The van der Waals surface area contributed by atoms with Crippen molar-refractivity contribution in [2.24, 2.45) is 0 Å². The fourth-order valence-electron chi connectivity index (χ4n) is 2.70. The lowest BCUT2D eigenvalue weighted by molar-refractivity contribution is 0.0786. The van der Waals surface area contributed by atoms with Gasteiger partial charge in [0.1, 0.15) is 5.82 Å². The van der Waals surface area contributed by atoms with Crippen LogP contribution in [-0.4, -0.2) is 23.8 Å². The Morgan fingerprint density at radius 2 is 1.52 bits per heavy atom. The van der Waals surface area contributed by atoms with Gasteiger partial charge in [0.2, 0.25) is 0 Å². The molecule has 3 aromatic carbocycles. The molecule has 3 rings (SSSR count). The van der Waals surface area contributed by atoms with E-state index in [1.54, 1.807) is 67.7 Å². The van der Waals surface area contributed by atoms with Crippen molar-refractivity contribution in [1.29, 1.82) is 0 Å². The molecule has 0 saturated heterocycles. The summed E-state index contributed by atoms with van der Waals surface area (Å²) >= 11 is 0. The molecule has 0 saturated carbocycles. The minimum absolute atomic E-state index is 0.233. The maximum absolute atomic E-state index is 13.0. The van der Waals surface area contributed by atoms with Crippen molar-refractivity contribution < 1.29 is 14.0 Å². The molecule has 0 aromatic heterocycles. The number of rotatable bonds is 5. The minimum atomic E-state index is -0.318. The van der Waals surface area contributed by atoms with Gasteiger partial charge in [-0.25, -0.2) is 4.39 Å². The summed E-state index contributed by atoms with van der Waals surface area (Å²) in [6.45, 7) is 0.333. The Labute approximate surface area is 157 Å². The maximum Gasteiger partial charge on any atom is 0.256 e. The Morgan fingerprint density at radius 1 is 0.889 bits per heavy atom. The van der Waals surface area contributed by atoms with Gasteiger partial charge in [0.15, 0.2) is 0 Å². The van der Waals surface area contributed by atoms with Crippen molar-refractivity contribution in [2.75, 3.05) is 12.4 Å². The maximum atomic E-state index is 13.0. The molecule has 0 unspecified atom stereocenters. The molecule has 4 nitrogen and oxygen atoms in total. The van der Waals surface area contributed by atoms with Crippen molar-refractivity contribution in [3.05, 3.63) is 101 Å². The summed E-state index contributed by atoms with van der Waals surface area (Å²) in [5, 5.41) is 2.80. The summed E-state index contributed by atoms with van der Waals surface area (Å²) < 4.78 is 13.0. The predicted molar refractivity (Wildman–Crippen MR) is 103 cm³/mol. The first-order valence-corrected chi connectivity index (χ1v) is 8.50. The second-order valence-electron chi connectivity index (χ2n) is 6.15. The summed E-state index contributed by atoms with van der Waals surface area (Å²) in [5.74, 6) is -0.831. The van der Waals surface area contributed by atoms with E-state index in [1.165, 1.54) is 17.0 Å². The summed E-state index contributed by atoms with van der Waals surface area (Å²) in [4.78, 5) is 26.8. The van der Waals surface area contributed by atoms with Gasteiger partial charge < -0.3 is 10.2 Å². The highest BCUT2D eigenvalue weighted by Gasteiger charge is 2.17. The third-order valence-corrected chi connectivity index (χ3v) is 4.12. The minimum Gasteiger partial charge on any atom is -0.337 e. The van der Waals surface area contributed by atoms with Crippen molar-refractivity contribution in [3.63, 3.8) is 0 Å². The fourth-order valence-corrected chi connectivity index (χ4v) is 2.70. The molecule has 2 amide bonds. The molecular formula is C22H19FN2O2. The van der Waals surface area contributed by atoms with Gasteiger partial charge >= 0.3 is 0 Å². The largest absolute Gasteiger partial charge is 0.337 e. The van der Waals surface area contributed by atoms with Crippen LogP contribution in [0.3, 0.4) is 0 Å². The summed E-state index contributed by atoms with van der Waals surface area (Å²) in [5.41, 5.74) is 2.17. The van der Waals surface area contributed by atoms with E-state index in [1.807, 2.05) is 6.07 Å². The molecule has 0 aliphatic rings. The fraction of sp³-hybridized carbons (Fsp3) is 0.0909. The molecular weight excluding hydrogens is 343 g/mol. The number of halogens is 1. The number of benzene rings is 3. The molecule has 0 aliphatic carbocycles. The van der Waals surface area contributed by atoms with Crippen LogP contribution in [0.25, 0.3) is 0 Å². The van der Waals surface area contributed by atoms with Crippen LogP contribution in [0.4, 0.5) is 10.1 Å². The first-order chi connectivity index (χ1) is 13.0. The van der Waals surface area contributed by atoms with Gasteiger partial charge in [-0.2, -0.15) is 0 Å². The van der Waals surface area contributed by atoms with Crippen LogP contribution in [0.2, 0.25) is 0 Å². The van der Waals surface area contributed by atoms with Gasteiger partial charge in [-0.15, -0.1) is 0 Å². The van der Waals surface area contributed by atoms with E-state index in [0.717, 1.165) is 5.56 Å². The Morgan fingerprint density at radius 3 is 2.22 bits per heavy atom. The lowest BCUT2D eigenvalue weighted by atomic mass is 10.1. The van der Waals surface area contributed by atoms with Crippen LogP contribution >= 0.6 is 0 Å². The van der Waals surface area contributed by atoms with E-state index in [9.17, 15) is 14.0 Å². The highest BCUT2D eigenvalue weighted by Crippen LogP contribution is 2.19. The first-order valence-electron chi connectivity index (χ1n) is 8.50. The van der Waals surface area contributed by atoms with Gasteiger partial charge in [-0.05, 0) is 42.0 Å². The van der Waals surface area contributed by atoms with Gasteiger partial charge in [0.05, 0.1) is 11.3 Å². The van der Waals surface area contributed by atoms with Gasteiger partial charge in [0, 0.05) is 19.2 Å². The number of anilines is 1. The molecule has 136 valence electrons. The molecule has 0 heterocycles. The Balaban J connectivity index is 1.77. The highest BCUT2D eigenvalue weighted by molar-refractivity contribution is 6.08. The highest BCUT2D eigenvalue weighted by atomic mass is 19.1. The zero-order valence-electron chi connectivity index (χ0n) is 14.9. The van der Waals surface area contributed by atoms with Crippen LogP contribution < -0.4 is 5.32 Å².